The molecule has 0 aromatic rings. The van der Waals surface area contributed by atoms with Crippen molar-refractivity contribution < 1.29 is 19.1 Å². The Morgan fingerprint density at radius 3 is 2.24 bits per heavy atom. The maximum Gasteiger partial charge on any atom is 0.318 e. The van der Waals surface area contributed by atoms with Crippen molar-refractivity contribution >= 4 is 17.9 Å². The van der Waals surface area contributed by atoms with E-state index in [9.17, 15) is 14.4 Å². The Morgan fingerprint density at radius 1 is 1.29 bits per heavy atom. The molecule has 3 amide bonds. The number of hydrogen-bond acceptors (Lipinski definition) is 4. The van der Waals surface area contributed by atoms with Gasteiger partial charge in [0.2, 0.25) is 0 Å². The van der Waals surface area contributed by atoms with Crippen molar-refractivity contribution in [1.82, 2.24) is 5.32 Å². The van der Waals surface area contributed by atoms with Gasteiger partial charge in [0.1, 0.15) is 0 Å². The molecule has 17 heavy (non-hydrogen) atoms. The molecule has 1 fully saturated rings. The number of imide groups is 1. The fourth-order valence-corrected chi connectivity index (χ4v) is 1.55. The first-order valence-corrected chi connectivity index (χ1v) is 5.72. The standard InChI is InChI=1S/C11H18N2O4/c1-6(2)8(9(14)13-11(12)16)17-10(15)7-4-3-5-7/h6-8H,3-5H2,1-2H3,(H3,12,13,14,16)/t8-/m0/s1. The van der Waals surface area contributed by atoms with Crippen LogP contribution in [0.5, 0.6) is 0 Å². The van der Waals surface area contributed by atoms with Crippen molar-refractivity contribution in [2.75, 3.05) is 0 Å². The van der Waals surface area contributed by atoms with Gasteiger partial charge in [-0.2, -0.15) is 0 Å². The largest absolute Gasteiger partial charge is 0.452 e. The van der Waals surface area contributed by atoms with Crippen LogP contribution in [0.3, 0.4) is 0 Å². The summed E-state index contributed by atoms with van der Waals surface area (Å²) in [7, 11) is 0. The lowest BCUT2D eigenvalue weighted by Crippen LogP contribution is -2.46. The molecular formula is C11H18N2O4. The molecule has 0 saturated heterocycles. The van der Waals surface area contributed by atoms with Crippen LogP contribution in [0.25, 0.3) is 0 Å². The van der Waals surface area contributed by atoms with Gasteiger partial charge in [-0.1, -0.05) is 20.3 Å². The Bertz CT molecular complexity index is 323. The molecule has 0 aromatic carbocycles. The first-order chi connectivity index (χ1) is 7.91. The molecule has 6 heteroatoms. The zero-order valence-electron chi connectivity index (χ0n) is 10.1. The minimum absolute atomic E-state index is 0.0994. The second-order valence-electron chi connectivity index (χ2n) is 4.58. The lowest BCUT2D eigenvalue weighted by molar-refractivity contribution is -0.164. The Kier molecular flexibility index (Phi) is 4.48. The van der Waals surface area contributed by atoms with Crippen molar-refractivity contribution in [2.45, 2.75) is 39.2 Å². The monoisotopic (exact) mass is 242 g/mol. The van der Waals surface area contributed by atoms with Gasteiger partial charge in [0.25, 0.3) is 5.91 Å². The summed E-state index contributed by atoms with van der Waals surface area (Å²) in [5.74, 6) is -1.34. The number of esters is 1. The van der Waals surface area contributed by atoms with E-state index in [1.54, 1.807) is 13.8 Å². The third-order valence-corrected chi connectivity index (χ3v) is 2.79. The average molecular weight is 242 g/mol. The molecule has 0 bridgehead atoms. The van der Waals surface area contributed by atoms with E-state index in [1.807, 2.05) is 5.32 Å². The quantitative estimate of drug-likeness (QED) is 0.703. The molecule has 1 atom stereocenters. The van der Waals surface area contributed by atoms with Crippen LogP contribution in [0.1, 0.15) is 33.1 Å². The van der Waals surface area contributed by atoms with Crippen LogP contribution < -0.4 is 11.1 Å². The molecule has 0 radical (unpaired) electrons. The first kappa shape index (κ1) is 13.5. The summed E-state index contributed by atoms with van der Waals surface area (Å²) in [6.07, 6.45) is 1.66. The molecule has 1 rings (SSSR count). The molecule has 3 N–H and O–H groups in total. The summed E-state index contributed by atoms with van der Waals surface area (Å²) in [4.78, 5) is 33.8. The van der Waals surface area contributed by atoms with Crippen LogP contribution >= 0.6 is 0 Å². The van der Waals surface area contributed by atoms with E-state index in [1.165, 1.54) is 0 Å². The molecule has 1 aliphatic rings. The van der Waals surface area contributed by atoms with Crippen molar-refractivity contribution in [3.8, 4) is 0 Å². The van der Waals surface area contributed by atoms with Crippen LogP contribution in [0, 0.1) is 11.8 Å². The topological polar surface area (TPSA) is 98.5 Å². The van der Waals surface area contributed by atoms with Gasteiger partial charge in [-0.15, -0.1) is 0 Å². The number of urea groups is 1. The molecule has 0 aliphatic heterocycles. The number of nitrogens with one attached hydrogen (secondary N) is 1. The van der Waals surface area contributed by atoms with Crippen LogP contribution in [-0.2, 0) is 14.3 Å². The summed E-state index contributed by atoms with van der Waals surface area (Å²) in [6, 6.07) is -0.944. The smallest absolute Gasteiger partial charge is 0.318 e. The van der Waals surface area contributed by atoms with E-state index in [2.05, 4.69) is 0 Å². The Hall–Kier alpha value is -1.59. The Morgan fingerprint density at radius 2 is 1.88 bits per heavy atom. The summed E-state index contributed by atoms with van der Waals surface area (Å²) in [5, 5.41) is 1.93. The maximum atomic E-state index is 11.6. The molecule has 0 aromatic heterocycles. The van der Waals surface area contributed by atoms with Gasteiger partial charge in [-0.3, -0.25) is 14.9 Å². The zero-order valence-corrected chi connectivity index (χ0v) is 10.1. The predicted molar refractivity (Wildman–Crippen MR) is 59.8 cm³/mol. The fraction of sp³-hybridized carbons (Fsp3) is 0.727. The van der Waals surface area contributed by atoms with Gasteiger partial charge in [-0.25, -0.2) is 4.79 Å². The minimum atomic E-state index is -0.962. The van der Waals surface area contributed by atoms with E-state index in [0.29, 0.717) is 0 Å². The number of nitrogens with two attached hydrogens (primary N) is 1. The molecule has 1 aliphatic carbocycles. The summed E-state index contributed by atoms with van der Waals surface area (Å²) in [5.41, 5.74) is 4.85. The summed E-state index contributed by atoms with van der Waals surface area (Å²) >= 11 is 0. The van der Waals surface area contributed by atoms with E-state index in [-0.39, 0.29) is 17.8 Å². The SMILES string of the molecule is CC(C)[C@H](OC(=O)C1CCC1)C(=O)NC(N)=O. The molecular weight excluding hydrogens is 224 g/mol. The highest BCUT2D eigenvalue weighted by Gasteiger charge is 2.33. The van der Waals surface area contributed by atoms with Crippen molar-refractivity contribution in [3.05, 3.63) is 0 Å². The number of ether oxygens (including phenoxy) is 1. The van der Waals surface area contributed by atoms with E-state index < -0.39 is 18.0 Å². The molecule has 6 nitrogen and oxygen atoms in total. The number of hydrogen-bond donors (Lipinski definition) is 2. The number of carbonyl (C=O) groups excluding carboxylic acids is 3. The number of carbonyl (C=O) groups is 3. The maximum absolute atomic E-state index is 11.6. The molecule has 0 heterocycles. The first-order valence-electron chi connectivity index (χ1n) is 5.72. The van der Waals surface area contributed by atoms with Gasteiger partial charge in [0.05, 0.1) is 5.92 Å². The van der Waals surface area contributed by atoms with Crippen LogP contribution in [0.2, 0.25) is 0 Å². The Balaban J connectivity index is 2.55. The lowest BCUT2D eigenvalue weighted by atomic mass is 9.85. The van der Waals surface area contributed by atoms with Crippen LogP contribution in [-0.4, -0.2) is 24.0 Å². The minimum Gasteiger partial charge on any atom is -0.452 e. The predicted octanol–water partition coefficient (Wildman–Crippen LogP) is 0.549. The van der Waals surface area contributed by atoms with Gasteiger partial charge in [0.15, 0.2) is 6.10 Å². The Labute approximate surface area is 99.9 Å². The van der Waals surface area contributed by atoms with Crippen LogP contribution in [0.15, 0.2) is 0 Å². The highest BCUT2D eigenvalue weighted by atomic mass is 16.5. The molecule has 0 spiro atoms. The highest BCUT2D eigenvalue weighted by Crippen LogP contribution is 2.28. The molecule has 0 unspecified atom stereocenters. The second kappa shape index (κ2) is 5.65. The third kappa shape index (κ3) is 3.72. The van der Waals surface area contributed by atoms with Gasteiger partial charge in [0, 0.05) is 0 Å². The van der Waals surface area contributed by atoms with Crippen LogP contribution in [0.4, 0.5) is 4.79 Å². The summed E-state index contributed by atoms with van der Waals surface area (Å²) < 4.78 is 5.12. The lowest BCUT2D eigenvalue weighted by Gasteiger charge is -2.27. The van der Waals surface area contributed by atoms with E-state index in [0.717, 1.165) is 19.3 Å². The summed E-state index contributed by atoms with van der Waals surface area (Å²) in [6.45, 7) is 3.47. The fourth-order valence-electron chi connectivity index (χ4n) is 1.55. The number of primary amides is 1. The average Bonchev–Trinajstić information content (AvgIpc) is 2.09. The second-order valence-corrected chi connectivity index (χ2v) is 4.58. The van der Waals surface area contributed by atoms with Crippen molar-refractivity contribution in [1.29, 1.82) is 0 Å². The molecule has 1 saturated carbocycles. The normalized spacial score (nSPS) is 17.1. The van der Waals surface area contributed by atoms with E-state index >= 15 is 0 Å². The number of rotatable bonds is 4. The number of amides is 3. The zero-order chi connectivity index (χ0) is 13.0. The van der Waals surface area contributed by atoms with E-state index in [4.69, 9.17) is 10.5 Å². The highest BCUT2D eigenvalue weighted by molar-refractivity contribution is 5.96. The van der Waals surface area contributed by atoms with Gasteiger partial charge in [-0.05, 0) is 18.8 Å². The molecule has 96 valence electrons. The van der Waals surface area contributed by atoms with Gasteiger partial charge < -0.3 is 10.5 Å². The van der Waals surface area contributed by atoms with Gasteiger partial charge >= 0.3 is 12.0 Å². The van der Waals surface area contributed by atoms with Crippen molar-refractivity contribution in [2.24, 2.45) is 17.6 Å². The van der Waals surface area contributed by atoms with Crippen molar-refractivity contribution in [3.63, 3.8) is 0 Å². The third-order valence-electron chi connectivity index (χ3n) is 2.79.